The maximum Gasteiger partial charge on any atom is 0.136 e. The molecule has 1 heterocycles. The van der Waals surface area contributed by atoms with Gasteiger partial charge in [-0.3, -0.25) is 0 Å². The maximum atomic E-state index is 4.67. The third-order valence-electron chi connectivity index (χ3n) is 3.16. The first kappa shape index (κ1) is 13.5. The van der Waals surface area contributed by atoms with Crippen LogP contribution < -0.4 is 10.6 Å². The van der Waals surface area contributed by atoms with E-state index in [1.54, 1.807) is 0 Å². The van der Waals surface area contributed by atoms with E-state index >= 15 is 0 Å². The van der Waals surface area contributed by atoms with Gasteiger partial charge in [-0.15, -0.1) is 0 Å². The summed E-state index contributed by atoms with van der Waals surface area (Å²) >= 11 is 1.88. The fraction of sp³-hybridized carbons (Fsp3) is 0.692. The van der Waals surface area contributed by atoms with Gasteiger partial charge in [0.2, 0.25) is 0 Å². The lowest BCUT2D eigenvalue weighted by molar-refractivity contribution is 0.904. The molecule has 4 nitrogen and oxygen atoms in total. The summed E-state index contributed by atoms with van der Waals surface area (Å²) in [5, 5.41) is 6.61. The van der Waals surface area contributed by atoms with Crippen LogP contribution in [0.1, 0.15) is 36.6 Å². The normalized spacial score (nSPS) is 14.6. The first-order valence-corrected chi connectivity index (χ1v) is 7.94. The number of hydrogen-bond acceptors (Lipinski definition) is 5. The average molecular weight is 266 g/mol. The lowest BCUT2D eigenvalue weighted by Crippen LogP contribution is -2.10. The maximum absolute atomic E-state index is 4.67. The molecule has 0 aliphatic heterocycles. The molecular formula is C13H22N4S. The first-order valence-electron chi connectivity index (χ1n) is 6.55. The summed E-state index contributed by atoms with van der Waals surface area (Å²) in [5.41, 5.74) is 1.12. The van der Waals surface area contributed by atoms with E-state index in [1.807, 2.05) is 18.8 Å². The van der Waals surface area contributed by atoms with E-state index in [-0.39, 0.29) is 0 Å². The number of anilines is 2. The molecule has 0 bridgehead atoms. The molecule has 0 unspecified atom stereocenters. The van der Waals surface area contributed by atoms with E-state index in [0.29, 0.717) is 5.92 Å². The predicted molar refractivity (Wildman–Crippen MR) is 79.8 cm³/mol. The molecule has 2 rings (SSSR count). The van der Waals surface area contributed by atoms with Crippen molar-refractivity contribution in [3.8, 4) is 0 Å². The summed E-state index contributed by atoms with van der Waals surface area (Å²) in [6.07, 6.45) is 5.77. The van der Waals surface area contributed by atoms with Crippen LogP contribution in [0.3, 0.4) is 0 Å². The lowest BCUT2D eigenvalue weighted by atomic mass is 10.2. The van der Waals surface area contributed by atoms with Gasteiger partial charge in [-0.25, -0.2) is 9.97 Å². The Kier molecular flexibility index (Phi) is 4.69. The monoisotopic (exact) mass is 266 g/mol. The second-order valence-electron chi connectivity index (χ2n) is 4.70. The molecule has 1 aromatic rings. The molecule has 1 fully saturated rings. The minimum absolute atomic E-state index is 0.587. The number of hydrogen-bond donors (Lipinski definition) is 2. The fourth-order valence-electron chi connectivity index (χ4n) is 1.90. The van der Waals surface area contributed by atoms with Crippen LogP contribution in [0.15, 0.2) is 0 Å². The van der Waals surface area contributed by atoms with Crippen LogP contribution in [-0.4, -0.2) is 35.6 Å². The van der Waals surface area contributed by atoms with Gasteiger partial charge in [0, 0.05) is 25.1 Å². The molecule has 0 saturated heterocycles. The largest absolute Gasteiger partial charge is 0.373 e. The Bertz CT molecular complexity index is 404. The zero-order chi connectivity index (χ0) is 13.0. The van der Waals surface area contributed by atoms with Gasteiger partial charge in [0.15, 0.2) is 0 Å². The molecule has 5 heteroatoms. The predicted octanol–water partition coefficient (Wildman–Crippen LogP) is 2.87. The van der Waals surface area contributed by atoms with Gasteiger partial charge < -0.3 is 10.6 Å². The Balaban J connectivity index is 2.08. The lowest BCUT2D eigenvalue weighted by Gasteiger charge is -2.13. The van der Waals surface area contributed by atoms with Crippen LogP contribution in [0.4, 0.5) is 11.6 Å². The number of nitrogens with one attached hydrogen (secondary N) is 2. The van der Waals surface area contributed by atoms with Crippen LogP contribution in [-0.2, 0) is 0 Å². The van der Waals surface area contributed by atoms with Crippen molar-refractivity contribution >= 4 is 23.4 Å². The SMILES string of the molecule is CNc1nc(C2CC2)nc(NCCCSC)c1C. The molecule has 2 N–H and O–H groups in total. The third-order valence-corrected chi connectivity index (χ3v) is 3.86. The number of nitrogens with zero attached hydrogens (tertiary/aromatic N) is 2. The van der Waals surface area contributed by atoms with Crippen LogP contribution >= 0.6 is 11.8 Å². The molecule has 1 aromatic heterocycles. The Hall–Kier alpha value is -0.970. The smallest absolute Gasteiger partial charge is 0.136 e. The second kappa shape index (κ2) is 6.27. The minimum atomic E-state index is 0.587. The molecule has 18 heavy (non-hydrogen) atoms. The third kappa shape index (κ3) is 3.28. The Morgan fingerprint density at radius 2 is 2.00 bits per heavy atom. The standard InChI is InChI=1S/C13H22N4S/c1-9-11(14-2)16-13(10-5-6-10)17-12(9)15-7-4-8-18-3/h10H,4-8H2,1-3H3,(H2,14,15,16,17). The van der Waals surface area contributed by atoms with Crippen molar-refractivity contribution in [1.82, 2.24) is 9.97 Å². The van der Waals surface area contributed by atoms with Crippen LogP contribution in [0, 0.1) is 6.92 Å². The zero-order valence-electron chi connectivity index (χ0n) is 11.4. The van der Waals surface area contributed by atoms with Crippen molar-refractivity contribution in [3.63, 3.8) is 0 Å². The highest BCUT2D eigenvalue weighted by Gasteiger charge is 2.28. The van der Waals surface area contributed by atoms with Gasteiger partial charge in [0.25, 0.3) is 0 Å². The van der Waals surface area contributed by atoms with E-state index in [2.05, 4.69) is 33.8 Å². The van der Waals surface area contributed by atoms with Crippen molar-refractivity contribution in [1.29, 1.82) is 0 Å². The van der Waals surface area contributed by atoms with Gasteiger partial charge in [-0.05, 0) is 38.2 Å². The average Bonchev–Trinajstić information content (AvgIpc) is 3.20. The topological polar surface area (TPSA) is 49.8 Å². The van der Waals surface area contributed by atoms with Gasteiger partial charge >= 0.3 is 0 Å². The number of rotatable bonds is 7. The van der Waals surface area contributed by atoms with Crippen LogP contribution in [0.5, 0.6) is 0 Å². The highest BCUT2D eigenvalue weighted by Crippen LogP contribution is 2.39. The second-order valence-corrected chi connectivity index (χ2v) is 5.69. The van der Waals surface area contributed by atoms with Gasteiger partial charge in [-0.2, -0.15) is 11.8 Å². The van der Waals surface area contributed by atoms with Gasteiger partial charge in [-0.1, -0.05) is 0 Å². The highest BCUT2D eigenvalue weighted by molar-refractivity contribution is 7.98. The van der Waals surface area contributed by atoms with Crippen LogP contribution in [0.2, 0.25) is 0 Å². The summed E-state index contributed by atoms with van der Waals surface area (Å²) < 4.78 is 0. The van der Waals surface area contributed by atoms with Crippen molar-refractivity contribution in [2.75, 3.05) is 36.2 Å². The van der Waals surface area contributed by atoms with E-state index in [4.69, 9.17) is 0 Å². The van der Waals surface area contributed by atoms with Gasteiger partial charge in [0.05, 0.1) is 0 Å². The fourth-order valence-corrected chi connectivity index (χ4v) is 2.33. The van der Waals surface area contributed by atoms with Gasteiger partial charge in [0.1, 0.15) is 17.5 Å². The molecule has 1 aliphatic carbocycles. The number of aromatic nitrogens is 2. The Labute approximate surface area is 113 Å². The quantitative estimate of drug-likeness (QED) is 0.743. The van der Waals surface area contributed by atoms with E-state index in [0.717, 1.165) is 36.0 Å². The first-order chi connectivity index (χ1) is 8.76. The minimum Gasteiger partial charge on any atom is -0.373 e. The molecule has 0 aromatic carbocycles. The molecule has 0 amide bonds. The molecule has 100 valence electrons. The molecule has 0 spiro atoms. The summed E-state index contributed by atoms with van der Waals surface area (Å²) in [6.45, 7) is 3.05. The Morgan fingerprint density at radius 3 is 2.61 bits per heavy atom. The summed E-state index contributed by atoms with van der Waals surface area (Å²) in [4.78, 5) is 9.26. The molecule has 1 aliphatic rings. The van der Waals surface area contributed by atoms with E-state index in [1.165, 1.54) is 18.6 Å². The highest BCUT2D eigenvalue weighted by atomic mass is 32.2. The summed E-state index contributed by atoms with van der Waals surface area (Å²) in [7, 11) is 1.92. The molecular weight excluding hydrogens is 244 g/mol. The summed E-state index contributed by atoms with van der Waals surface area (Å²) in [5.74, 6) is 4.73. The Morgan fingerprint density at radius 1 is 1.28 bits per heavy atom. The molecule has 0 radical (unpaired) electrons. The summed E-state index contributed by atoms with van der Waals surface area (Å²) in [6, 6.07) is 0. The number of thioether (sulfide) groups is 1. The molecule has 0 atom stereocenters. The van der Waals surface area contributed by atoms with Crippen molar-refractivity contribution < 1.29 is 0 Å². The van der Waals surface area contributed by atoms with Crippen LogP contribution in [0.25, 0.3) is 0 Å². The van der Waals surface area contributed by atoms with Crippen molar-refractivity contribution in [2.45, 2.75) is 32.1 Å². The molecule has 1 saturated carbocycles. The van der Waals surface area contributed by atoms with Crippen molar-refractivity contribution in [2.24, 2.45) is 0 Å². The van der Waals surface area contributed by atoms with E-state index in [9.17, 15) is 0 Å². The van der Waals surface area contributed by atoms with E-state index < -0.39 is 0 Å². The zero-order valence-corrected chi connectivity index (χ0v) is 12.2. The van der Waals surface area contributed by atoms with Crippen molar-refractivity contribution in [3.05, 3.63) is 11.4 Å².